The van der Waals surface area contributed by atoms with Gasteiger partial charge in [-0.2, -0.15) is 0 Å². The van der Waals surface area contributed by atoms with Gasteiger partial charge in [-0.1, -0.05) is 32.4 Å². The molecule has 0 aliphatic rings. The minimum atomic E-state index is -0.691. The highest BCUT2D eigenvalue weighted by Gasteiger charge is 2.14. The molecule has 0 aromatic heterocycles. The van der Waals surface area contributed by atoms with E-state index >= 15 is 0 Å². The maximum atomic E-state index is 11.7. The molecular weight excluding hydrogens is 228 g/mol. The fourth-order valence-corrected chi connectivity index (χ4v) is 1.77. The summed E-state index contributed by atoms with van der Waals surface area (Å²) in [7, 11) is 0. The van der Waals surface area contributed by atoms with E-state index in [4.69, 9.17) is 5.73 Å². The number of rotatable bonds is 6. The van der Waals surface area contributed by atoms with Gasteiger partial charge in [0.15, 0.2) is 0 Å². The number of nitrogens with two attached hydrogens (primary N) is 1. The fraction of sp³-hybridized carbons (Fsp3) is 0.500. The summed E-state index contributed by atoms with van der Waals surface area (Å²) in [6, 6.07) is 7.00. The third kappa shape index (κ3) is 4.37. The number of hydrogen-bond donors (Lipinski definition) is 3. The van der Waals surface area contributed by atoms with Gasteiger partial charge in [0.25, 0.3) is 0 Å². The predicted octanol–water partition coefficient (Wildman–Crippen LogP) is 1.85. The van der Waals surface area contributed by atoms with Crippen LogP contribution in [0.5, 0.6) is 0 Å². The average molecular weight is 250 g/mol. The van der Waals surface area contributed by atoms with Gasteiger partial charge in [0, 0.05) is 18.2 Å². The molecule has 0 aliphatic heterocycles. The number of amides is 1. The summed E-state index contributed by atoms with van der Waals surface area (Å²) in [5.41, 5.74) is 6.99. The molecule has 4 nitrogen and oxygen atoms in total. The van der Waals surface area contributed by atoms with Crippen LogP contribution in [-0.4, -0.2) is 17.6 Å². The molecule has 4 N–H and O–H groups in total. The second-order valence-electron chi connectivity index (χ2n) is 4.62. The van der Waals surface area contributed by atoms with Crippen LogP contribution in [0.25, 0.3) is 0 Å². The number of carbonyl (C=O) groups excluding carboxylic acids is 1. The van der Waals surface area contributed by atoms with Gasteiger partial charge in [-0.25, -0.2) is 0 Å². The smallest absolute Gasteiger partial charge is 0.222 e. The lowest BCUT2D eigenvalue weighted by molar-refractivity contribution is -0.125. The minimum Gasteiger partial charge on any atom is -0.399 e. The zero-order valence-electron chi connectivity index (χ0n) is 11.0. The average Bonchev–Trinajstić information content (AvgIpc) is 2.36. The lowest BCUT2D eigenvalue weighted by atomic mass is 10.0. The topological polar surface area (TPSA) is 75.3 Å². The van der Waals surface area contributed by atoms with Crippen LogP contribution in [0.2, 0.25) is 0 Å². The monoisotopic (exact) mass is 250 g/mol. The highest BCUT2D eigenvalue weighted by atomic mass is 16.3. The summed E-state index contributed by atoms with van der Waals surface area (Å²) >= 11 is 0. The van der Waals surface area contributed by atoms with Crippen molar-refractivity contribution >= 4 is 11.6 Å². The summed E-state index contributed by atoms with van der Waals surface area (Å²) in [6.45, 7) is 4.18. The molecule has 4 heteroatoms. The first kappa shape index (κ1) is 14.5. The fourth-order valence-electron chi connectivity index (χ4n) is 1.77. The van der Waals surface area contributed by atoms with Crippen molar-refractivity contribution in [3.05, 3.63) is 29.8 Å². The number of nitrogens with one attached hydrogen (secondary N) is 1. The summed E-state index contributed by atoms with van der Waals surface area (Å²) in [5.74, 6) is -0.0139. The van der Waals surface area contributed by atoms with Crippen LogP contribution in [-0.2, 0) is 4.79 Å². The Morgan fingerprint density at radius 3 is 2.56 bits per heavy atom. The van der Waals surface area contributed by atoms with E-state index < -0.39 is 6.10 Å². The van der Waals surface area contributed by atoms with Crippen LogP contribution in [0.3, 0.4) is 0 Å². The second-order valence-corrected chi connectivity index (χ2v) is 4.62. The molecule has 0 bridgehead atoms. The molecule has 1 aromatic rings. The molecule has 1 amide bonds. The number of anilines is 1. The maximum Gasteiger partial charge on any atom is 0.222 e. The Bertz CT molecular complexity index is 376. The molecule has 0 aliphatic carbocycles. The molecule has 0 fully saturated rings. The molecule has 2 atom stereocenters. The largest absolute Gasteiger partial charge is 0.399 e. The van der Waals surface area contributed by atoms with Crippen LogP contribution >= 0.6 is 0 Å². The zero-order valence-corrected chi connectivity index (χ0v) is 11.0. The van der Waals surface area contributed by atoms with Crippen molar-refractivity contribution in [1.82, 2.24) is 5.32 Å². The van der Waals surface area contributed by atoms with Crippen molar-refractivity contribution < 1.29 is 9.90 Å². The Kier molecular flexibility index (Phi) is 5.65. The Labute approximate surface area is 108 Å². The first-order valence-electron chi connectivity index (χ1n) is 6.35. The van der Waals surface area contributed by atoms with E-state index in [2.05, 4.69) is 5.32 Å². The van der Waals surface area contributed by atoms with Crippen molar-refractivity contribution in [2.75, 3.05) is 12.3 Å². The number of nitrogen functional groups attached to an aromatic ring is 1. The summed E-state index contributed by atoms with van der Waals surface area (Å²) in [6.07, 6.45) is 1.15. The minimum absolute atomic E-state index is 0.00591. The van der Waals surface area contributed by atoms with E-state index in [-0.39, 0.29) is 18.4 Å². The van der Waals surface area contributed by atoms with Gasteiger partial charge < -0.3 is 16.2 Å². The lowest BCUT2D eigenvalue weighted by Gasteiger charge is -2.15. The Balaban J connectivity index is 2.43. The van der Waals surface area contributed by atoms with Crippen LogP contribution in [0, 0.1) is 5.92 Å². The number of carbonyl (C=O) groups is 1. The Hall–Kier alpha value is -1.55. The van der Waals surface area contributed by atoms with E-state index in [0.717, 1.165) is 18.4 Å². The standard InChI is InChI=1S/C14H22N2O2/c1-3-4-10(2)14(18)16-9-13(17)11-5-7-12(15)8-6-11/h5-8,10,13,17H,3-4,9,15H2,1-2H3,(H,16,18). The molecule has 0 saturated carbocycles. The molecular formula is C14H22N2O2. The van der Waals surface area contributed by atoms with Crippen LogP contribution < -0.4 is 11.1 Å². The van der Waals surface area contributed by atoms with Crippen molar-refractivity contribution in [1.29, 1.82) is 0 Å². The number of aliphatic hydroxyl groups is 1. The molecule has 0 heterocycles. The van der Waals surface area contributed by atoms with E-state index in [1.807, 2.05) is 13.8 Å². The van der Waals surface area contributed by atoms with Gasteiger partial charge in [-0.05, 0) is 24.1 Å². The zero-order chi connectivity index (χ0) is 13.5. The van der Waals surface area contributed by atoms with E-state index in [0.29, 0.717) is 5.69 Å². The Morgan fingerprint density at radius 1 is 1.39 bits per heavy atom. The van der Waals surface area contributed by atoms with Crippen molar-refractivity contribution in [3.63, 3.8) is 0 Å². The maximum absolute atomic E-state index is 11.7. The normalized spacial score (nSPS) is 13.9. The molecule has 1 aromatic carbocycles. The van der Waals surface area contributed by atoms with E-state index in [1.54, 1.807) is 24.3 Å². The van der Waals surface area contributed by atoms with E-state index in [1.165, 1.54) is 0 Å². The molecule has 1 rings (SSSR count). The van der Waals surface area contributed by atoms with Gasteiger partial charge in [-0.3, -0.25) is 4.79 Å². The quantitative estimate of drug-likeness (QED) is 0.674. The van der Waals surface area contributed by atoms with Gasteiger partial charge in [0.2, 0.25) is 5.91 Å². The summed E-state index contributed by atoms with van der Waals surface area (Å²) < 4.78 is 0. The predicted molar refractivity (Wildman–Crippen MR) is 72.9 cm³/mol. The van der Waals surface area contributed by atoms with Gasteiger partial charge in [-0.15, -0.1) is 0 Å². The first-order chi connectivity index (χ1) is 8.54. The summed E-state index contributed by atoms with van der Waals surface area (Å²) in [5, 5.41) is 12.7. The molecule has 18 heavy (non-hydrogen) atoms. The van der Waals surface area contributed by atoms with Crippen molar-refractivity contribution in [2.24, 2.45) is 5.92 Å². The van der Waals surface area contributed by atoms with Crippen LogP contribution in [0.15, 0.2) is 24.3 Å². The number of aliphatic hydroxyl groups excluding tert-OH is 1. The van der Waals surface area contributed by atoms with Crippen LogP contribution in [0.1, 0.15) is 38.4 Å². The highest BCUT2D eigenvalue weighted by Crippen LogP contribution is 2.14. The highest BCUT2D eigenvalue weighted by molar-refractivity contribution is 5.78. The molecule has 0 saturated heterocycles. The summed E-state index contributed by atoms with van der Waals surface area (Å²) in [4.78, 5) is 11.7. The number of benzene rings is 1. The van der Waals surface area contributed by atoms with Gasteiger partial charge >= 0.3 is 0 Å². The van der Waals surface area contributed by atoms with Crippen LogP contribution in [0.4, 0.5) is 5.69 Å². The van der Waals surface area contributed by atoms with Crippen molar-refractivity contribution in [3.8, 4) is 0 Å². The third-order valence-electron chi connectivity index (χ3n) is 2.96. The SMILES string of the molecule is CCCC(C)C(=O)NCC(O)c1ccc(N)cc1. The molecule has 0 spiro atoms. The van der Waals surface area contributed by atoms with Gasteiger partial charge in [0.1, 0.15) is 0 Å². The molecule has 2 unspecified atom stereocenters. The lowest BCUT2D eigenvalue weighted by Crippen LogP contribution is -2.32. The molecule has 0 radical (unpaired) electrons. The third-order valence-corrected chi connectivity index (χ3v) is 2.96. The Morgan fingerprint density at radius 2 is 2.00 bits per heavy atom. The second kappa shape index (κ2) is 7.01. The van der Waals surface area contributed by atoms with E-state index in [9.17, 15) is 9.90 Å². The van der Waals surface area contributed by atoms with Gasteiger partial charge in [0.05, 0.1) is 6.10 Å². The molecule has 100 valence electrons. The number of hydrogen-bond acceptors (Lipinski definition) is 3. The van der Waals surface area contributed by atoms with Crippen molar-refractivity contribution in [2.45, 2.75) is 32.8 Å². The first-order valence-corrected chi connectivity index (χ1v) is 6.35.